The average molecular weight is 618 g/mol. The molecule has 2 aliphatic rings. The number of nitrogens with one attached hydrogen (secondary N) is 2. The first-order chi connectivity index (χ1) is 19.8. The van der Waals surface area contributed by atoms with E-state index in [4.69, 9.17) is 23.1 Å². The molecule has 3 amide bonds. The first-order valence-electron chi connectivity index (χ1n) is 13.7. The van der Waals surface area contributed by atoms with Crippen LogP contribution in [0.3, 0.4) is 0 Å². The van der Waals surface area contributed by atoms with Crippen LogP contribution < -0.4 is 26.4 Å². The summed E-state index contributed by atoms with van der Waals surface area (Å²) in [5.41, 5.74) is 12.3. The normalized spacial score (nSPS) is 18.1. The van der Waals surface area contributed by atoms with Gasteiger partial charge in [-0.2, -0.15) is 0 Å². The molecule has 1 saturated heterocycles. The fourth-order valence-electron chi connectivity index (χ4n) is 5.59. The van der Waals surface area contributed by atoms with E-state index in [0.29, 0.717) is 34.9 Å². The van der Waals surface area contributed by atoms with Gasteiger partial charge in [-0.25, -0.2) is 8.42 Å². The Morgan fingerprint density at radius 2 is 1.76 bits per heavy atom. The maximum atomic E-state index is 14.3. The van der Waals surface area contributed by atoms with Gasteiger partial charge in [0.05, 0.1) is 28.7 Å². The fourth-order valence-corrected chi connectivity index (χ4v) is 7.97. The minimum absolute atomic E-state index is 0.00467. The first-order valence-corrected chi connectivity index (χ1v) is 15.5. The number of nitrogens with zero attached hydrogens (tertiary/aromatic N) is 3. The molecule has 2 aliphatic heterocycles. The maximum absolute atomic E-state index is 14.3. The zero-order valence-corrected chi connectivity index (χ0v) is 25.3. The molecule has 3 atom stereocenters. The van der Waals surface area contributed by atoms with Gasteiger partial charge in [-0.05, 0) is 75.4 Å². The van der Waals surface area contributed by atoms with Crippen LogP contribution in [0, 0.1) is 13.8 Å². The average Bonchev–Trinajstić information content (AvgIpc) is 3.42. The largest absolute Gasteiger partial charge is 0.370 e. The molecule has 12 nitrogen and oxygen atoms in total. The minimum atomic E-state index is -4.36. The van der Waals surface area contributed by atoms with Crippen LogP contribution in [-0.2, 0) is 24.4 Å². The molecule has 2 aromatic carbocycles. The van der Waals surface area contributed by atoms with Crippen molar-refractivity contribution in [1.29, 1.82) is 0 Å². The number of anilines is 2. The van der Waals surface area contributed by atoms with Crippen LogP contribution in [0.25, 0.3) is 0 Å². The molecule has 0 bridgehead atoms. The Hall–Kier alpha value is -3.84. The molecule has 1 fully saturated rings. The number of aliphatic imine (C=N–C) groups is 1. The molecule has 0 aliphatic carbocycles. The van der Waals surface area contributed by atoms with E-state index in [1.54, 1.807) is 49.9 Å². The van der Waals surface area contributed by atoms with E-state index in [1.807, 2.05) is 0 Å². The van der Waals surface area contributed by atoms with E-state index in [1.165, 1.54) is 12.1 Å². The molecule has 0 saturated carbocycles. The second-order valence-electron chi connectivity index (χ2n) is 10.7. The van der Waals surface area contributed by atoms with Crippen LogP contribution in [0.15, 0.2) is 46.3 Å². The summed E-state index contributed by atoms with van der Waals surface area (Å²) < 4.78 is 29.5. The second kappa shape index (κ2) is 12.6. The Kier molecular flexibility index (Phi) is 9.31. The Morgan fingerprint density at radius 1 is 1.14 bits per heavy atom. The van der Waals surface area contributed by atoms with Gasteiger partial charge >= 0.3 is 0 Å². The van der Waals surface area contributed by atoms with E-state index >= 15 is 0 Å². The van der Waals surface area contributed by atoms with E-state index in [2.05, 4.69) is 15.6 Å². The summed E-state index contributed by atoms with van der Waals surface area (Å²) in [6.45, 7) is 6.09. The lowest BCUT2D eigenvalue weighted by Crippen LogP contribution is -2.55. The molecule has 226 valence electrons. The molecule has 0 aromatic heterocycles. The molecule has 2 aromatic rings. The highest BCUT2D eigenvalue weighted by molar-refractivity contribution is 7.93. The van der Waals surface area contributed by atoms with Gasteiger partial charge in [0.15, 0.2) is 5.96 Å². The van der Waals surface area contributed by atoms with Crippen molar-refractivity contribution in [3.05, 3.63) is 52.5 Å². The van der Waals surface area contributed by atoms with Gasteiger partial charge in [0.1, 0.15) is 12.1 Å². The number of para-hydroxylation sites is 2. The summed E-state index contributed by atoms with van der Waals surface area (Å²) in [4.78, 5) is 46.0. The van der Waals surface area contributed by atoms with E-state index in [9.17, 15) is 22.8 Å². The summed E-state index contributed by atoms with van der Waals surface area (Å²) in [7, 11) is -4.36. The highest BCUT2D eigenvalue weighted by Gasteiger charge is 2.43. The lowest BCUT2D eigenvalue weighted by molar-refractivity contribution is -0.136. The molecule has 0 spiro atoms. The van der Waals surface area contributed by atoms with Gasteiger partial charge in [0, 0.05) is 18.1 Å². The number of sulfonamides is 1. The third kappa shape index (κ3) is 6.62. The second-order valence-corrected chi connectivity index (χ2v) is 12.9. The van der Waals surface area contributed by atoms with Crippen molar-refractivity contribution in [3.8, 4) is 0 Å². The standard InChI is InChI=1S/C28H36ClN7O5S/c1-16-12-19(29)13-17(2)25(16)42(40,41)36-22-9-5-4-8-20(22)34-26(38)23(36)15-24(37)33-21(14-18(3)32-28(30)31)27(39)35-10-6-7-11-35/h4-5,8-9,12-13,18,21,23H,6-7,10-11,14-15H2,1-3H3,(H,33,37)(H,34,38)(H4,30,31,32). The SMILES string of the molecule is Cc1cc(Cl)cc(C)c1S(=O)(=O)N1c2ccccc2NC(=O)C1CC(=O)NC(CC(C)N=C(N)N)C(=O)N1CCCC1. The van der Waals surface area contributed by atoms with Crippen molar-refractivity contribution in [2.45, 2.75) is 69.5 Å². The van der Waals surface area contributed by atoms with Crippen LogP contribution in [0.2, 0.25) is 5.02 Å². The van der Waals surface area contributed by atoms with E-state index in [0.717, 1.165) is 17.1 Å². The number of nitrogens with two attached hydrogens (primary N) is 2. The predicted octanol–water partition coefficient (Wildman–Crippen LogP) is 2.02. The van der Waals surface area contributed by atoms with Crippen molar-refractivity contribution in [2.24, 2.45) is 16.5 Å². The fraction of sp³-hybridized carbons (Fsp3) is 0.429. The number of likely N-dealkylation sites (tertiary alicyclic amines) is 1. The molecule has 42 heavy (non-hydrogen) atoms. The molecule has 4 rings (SSSR count). The number of guanidine groups is 1. The zero-order chi connectivity index (χ0) is 30.8. The summed E-state index contributed by atoms with van der Waals surface area (Å²) in [6.07, 6.45) is 1.29. The van der Waals surface area contributed by atoms with Gasteiger partial charge in [-0.1, -0.05) is 23.7 Å². The lowest BCUT2D eigenvalue weighted by atomic mass is 10.0. The number of hydrogen-bond donors (Lipinski definition) is 4. The molecular formula is C28H36ClN7O5S. The van der Waals surface area contributed by atoms with Crippen molar-refractivity contribution in [2.75, 3.05) is 22.7 Å². The third-order valence-electron chi connectivity index (χ3n) is 7.30. The van der Waals surface area contributed by atoms with Crippen molar-refractivity contribution in [1.82, 2.24) is 10.2 Å². The highest BCUT2D eigenvalue weighted by atomic mass is 35.5. The topological polar surface area (TPSA) is 180 Å². The van der Waals surface area contributed by atoms with Crippen LogP contribution in [0.4, 0.5) is 11.4 Å². The van der Waals surface area contributed by atoms with Crippen molar-refractivity contribution in [3.63, 3.8) is 0 Å². The van der Waals surface area contributed by atoms with E-state index in [-0.39, 0.29) is 28.9 Å². The van der Waals surface area contributed by atoms with Crippen LogP contribution in [0.5, 0.6) is 0 Å². The number of amides is 3. The number of fused-ring (bicyclic) bond motifs is 1. The molecule has 0 radical (unpaired) electrons. The Morgan fingerprint density at radius 3 is 2.38 bits per heavy atom. The number of rotatable bonds is 9. The Balaban J connectivity index is 1.68. The molecule has 3 unspecified atom stereocenters. The number of hydrogen-bond acceptors (Lipinski definition) is 6. The summed E-state index contributed by atoms with van der Waals surface area (Å²) in [6, 6.07) is 6.64. The summed E-state index contributed by atoms with van der Waals surface area (Å²) in [5.74, 6) is -1.78. The molecule has 14 heteroatoms. The number of aryl methyl sites for hydroxylation is 2. The van der Waals surface area contributed by atoms with Gasteiger partial charge < -0.3 is 27.0 Å². The summed E-state index contributed by atoms with van der Waals surface area (Å²) in [5, 5.41) is 5.82. The molecule has 6 N–H and O–H groups in total. The Bertz CT molecular complexity index is 1500. The first kappa shape index (κ1) is 31.1. The molecule has 2 heterocycles. The monoisotopic (exact) mass is 617 g/mol. The van der Waals surface area contributed by atoms with Crippen LogP contribution >= 0.6 is 11.6 Å². The van der Waals surface area contributed by atoms with Gasteiger partial charge in [0.25, 0.3) is 10.0 Å². The van der Waals surface area contributed by atoms with E-state index < -0.39 is 46.4 Å². The lowest BCUT2D eigenvalue weighted by Gasteiger charge is -2.37. The number of carbonyl (C=O) groups excluding carboxylic acids is 3. The summed E-state index contributed by atoms with van der Waals surface area (Å²) >= 11 is 6.17. The third-order valence-corrected chi connectivity index (χ3v) is 9.65. The quantitative estimate of drug-likeness (QED) is 0.245. The predicted molar refractivity (Wildman–Crippen MR) is 162 cm³/mol. The van der Waals surface area contributed by atoms with Crippen LogP contribution in [0.1, 0.15) is 43.7 Å². The maximum Gasteiger partial charge on any atom is 0.265 e. The number of carbonyl (C=O) groups is 3. The zero-order valence-electron chi connectivity index (χ0n) is 23.8. The smallest absolute Gasteiger partial charge is 0.265 e. The minimum Gasteiger partial charge on any atom is -0.370 e. The molecular weight excluding hydrogens is 582 g/mol. The Labute approximate surface area is 250 Å². The van der Waals surface area contributed by atoms with Crippen LogP contribution in [-0.4, -0.2) is 68.2 Å². The van der Waals surface area contributed by atoms with Gasteiger partial charge in [-0.3, -0.25) is 23.7 Å². The highest BCUT2D eigenvalue weighted by Crippen LogP contribution is 2.39. The number of benzene rings is 2. The van der Waals surface area contributed by atoms with Gasteiger partial charge in [0.2, 0.25) is 17.7 Å². The van der Waals surface area contributed by atoms with Crippen molar-refractivity contribution < 1.29 is 22.8 Å². The van der Waals surface area contributed by atoms with Crippen molar-refractivity contribution >= 4 is 56.7 Å². The van der Waals surface area contributed by atoms with Gasteiger partial charge in [-0.15, -0.1) is 0 Å². The number of halogens is 1.